The number of furan rings is 1. The molecule has 3 heterocycles. The van der Waals surface area contributed by atoms with Crippen molar-refractivity contribution in [1.82, 2.24) is 10.2 Å². The number of carbonyl (C=O) groups excluding carboxylic acids is 1. The molecule has 1 fully saturated rings. The van der Waals surface area contributed by atoms with Crippen molar-refractivity contribution in [1.29, 1.82) is 5.41 Å². The summed E-state index contributed by atoms with van der Waals surface area (Å²) in [6.07, 6.45) is 2.47. The molecule has 21 heavy (non-hydrogen) atoms. The predicted octanol–water partition coefficient (Wildman–Crippen LogP) is 3.72. The molecule has 0 bridgehead atoms. The summed E-state index contributed by atoms with van der Waals surface area (Å²) >= 11 is 4.64. The molecule has 5 nitrogen and oxygen atoms in total. The van der Waals surface area contributed by atoms with E-state index in [4.69, 9.17) is 9.83 Å². The number of aromatic nitrogens is 2. The number of Topliss-reactive ketones (excluding diaryl/α,β-unsaturated/α-hetero) is 1. The average molecular weight is 431 g/mol. The van der Waals surface area contributed by atoms with Gasteiger partial charge in [0.05, 0.1) is 9.95 Å². The Morgan fingerprint density at radius 3 is 2.90 bits per heavy atom. The third-order valence-electron chi connectivity index (χ3n) is 2.89. The summed E-state index contributed by atoms with van der Waals surface area (Å²) in [5, 5.41) is 17.9. The van der Waals surface area contributed by atoms with Crippen molar-refractivity contribution in [3.63, 3.8) is 0 Å². The van der Waals surface area contributed by atoms with E-state index in [0.717, 1.165) is 15.2 Å². The molecule has 0 spiro atoms. The number of halogens is 1. The highest BCUT2D eigenvalue weighted by Crippen LogP contribution is 2.41. The van der Waals surface area contributed by atoms with E-state index in [2.05, 4.69) is 32.8 Å². The van der Waals surface area contributed by atoms with E-state index >= 15 is 0 Å². The molecule has 108 valence electrons. The maximum Gasteiger partial charge on any atom is 0.186 e. The molecule has 0 aliphatic carbocycles. The van der Waals surface area contributed by atoms with Gasteiger partial charge in [0.25, 0.3) is 0 Å². The first kappa shape index (κ1) is 14.9. The maximum atomic E-state index is 12.5. The second-order valence-electron chi connectivity index (χ2n) is 4.30. The highest BCUT2D eigenvalue weighted by molar-refractivity contribution is 14.1. The number of hydrogen-bond acceptors (Lipinski definition) is 7. The lowest BCUT2D eigenvalue weighted by molar-refractivity contribution is -0.114. The molecule has 0 saturated carbocycles. The zero-order chi connectivity index (χ0) is 15.0. The van der Waals surface area contributed by atoms with Crippen LogP contribution < -0.4 is 0 Å². The Bertz CT molecular complexity index is 750. The van der Waals surface area contributed by atoms with Crippen LogP contribution in [0, 0.1) is 9.18 Å². The van der Waals surface area contributed by atoms with Gasteiger partial charge in [0.1, 0.15) is 21.7 Å². The Hall–Kier alpha value is -1.00. The van der Waals surface area contributed by atoms with Crippen LogP contribution in [0.3, 0.4) is 0 Å². The molecule has 1 atom stereocenters. The van der Waals surface area contributed by atoms with Crippen molar-refractivity contribution in [2.24, 2.45) is 0 Å². The first-order valence-electron chi connectivity index (χ1n) is 6.18. The molecule has 1 unspecified atom stereocenters. The lowest BCUT2D eigenvalue weighted by Crippen LogP contribution is -2.11. The van der Waals surface area contributed by atoms with Gasteiger partial charge in [-0.15, -0.1) is 21.5 Å². The molecule has 8 heteroatoms. The van der Waals surface area contributed by atoms with Crippen LogP contribution in [0.1, 0.15) is 28.6 Å². The summed E-state index contributed by atoms with van der Waals surface area (Å²) in [6.45, 7) is 1.99. The number of ketones is 1. The van der Waals surface area contributed by atoms with Gasteiger partial charge in [-0.05, 0) is 47.2 Å². The van der Waals surface area contributed by atoms with Crippen molar-refractivity contribution < 1.29 is 9.21 Å². The summed E-state index contributed by atoms with van der Waals surface area (Å²) in [6, 6.07) is 3.64. The van der Waals surface area contributed by atoms with Gasteiger partial charge in [-0.3, -0.25) is 10.2 Å². The molecular weight excluding hydrogens is 421 g/mol. The highest BCUT2D eigenvalue weighted by atomic mass is 127. The van der Waals surface area contributed by atoms with Crippen LogP contribution >= 0.6 is 45.7 Å². The zero-order valence-electron chi connectivity index (χ0n) is 10.9. The van der Waals surface area contributed by atoms with Gasteiger partial charge in [0.15, 0.2) is 9.55 Å². The molecule has 2 aromatic heterocycles. The molecular formula is C13H10IN3O2S2. The highest BCUT2D eigenvalue weighted by Gasteiger charge is 2.39. The number of nitrogens with zero attached hydrogens (tertiary/aromatic N) is 2. The Balaban J connectivity index is 1.90. The van der Waals surface area contributed by atoms with Gasteiger partial charge in [-0.25, -0.2) is 0 Å². The Labute approximate surface area is 142 Å². The summed E-state index contributed by atoms with van der Waals surface area (Å²) < 4.78 is 6.20. The van der Waals surface area contributed by atoms with E-state index in [1.54, 1.807) is 12.1 Å². The van der Waals surface area contributed by atoms with Crippen LogP contribution in [0.2, 0.25) is 0 Å². The molecule has 1 N–H and O–H groups in total. The lowest BCUT2D eigenvalue weighted by atomic mass is 10.1. The topological polar surface area (TPSA) is 79.8 Å². The molecule has 2 aromatic rings. The molecule has 0 radical (unpaired) electrons. The van der Waals surface area contributed by atoms with Crippen LogP contribution in [0.5, 0.6) is 0 Å². The second kappa shape index (κ2) is 6.01. The SMILES string of the molecule is CCc1nnc(C2C(=N)SC(=Cc3ccc(I)o3)C2=O)s1. The van der Waals surface area contributed by atoms with Gasteiger partial charge in [0.2, 0.25) is 0 Å². The van der Waals surface area contributed by atoms with Crippen molar-refractivity contribution in [3.05, 3.63) is 36.6 Å². The Kier molecular flexibility index (Phi) is 4.27. The van der Waals surface area contributed by atoms with E-state index < -0.39 is 5.92 Å². The summed E-state index contributed by atoms with van der Waals surface area (Å²) in [7, 11) is 0. The van der Waals surface area contributed by atoms with Crippen molar-refractivity contribution in [2.45, 2.75) is 19.3 Å². The molecule has 0 amide bonds. The van der Waals surface area contributed by atoms with Gasteiger partial charge in [-0.2, -0.15) is 0 Å². The first-order chi connectivity index (χ1) is 10.1. The maximum absolute atomic E-state index is 12.5. The van der Waals surface area contributed by atoms with Crippen LogP contribution in [0.4, 0.5) is 0 Å². The fourth-order valence-electron chi connectivity index (χ4n) is 1.88. The minimum Gasteiger partial charge on any atom is -0.451 e. The van der Waals surface area contributed by atoms with Crippen LogP contribution in [-0.4, -0.2) is 21.0 Å². The van der Waals surface area contributed by atoms with E-state index in [1.807, 2.05) is 13.0 Å². The number of thioether (sulfide) groups is 1. The molecule has 1 aliphatic heterocycles. The van der Waals surface area contributed by atoms with Crippen LogP contribution in [0.15, 0.2) is 21.5 Å². The van der Waals surface area contributed by atoms with E-state index in [-0.39, 0.29) is 5.78 Å². The number of hydrogen-bond donors (Lipinski definition) is 1. The van der Waals surface area contributed by atoms with E-state index in [9.17, 15) is 4.79 Å². The van der Waals surface area contributed by atoms with Gasteiger partial charge in [0, 0.05) is 0 Å². The van der Waals surface area contributed by atoms with Crippen LogP contribution in [-0.2, 0) is 11.2 Å². The summed E-state index contributed by atoms with van der Waals surface area (Å²) in [4.78, 5) is 13.0. The average Bonchev–Trinajstić information content (AvgIpc) is 3.12. The molecule has 1 saturated heterocycles. The predicted molar refractivity (Wildman–Crippen MR) is 91.8 cm³/mol. The fraction of sp³-hybridized carbons (Fsp3) is 0.231. The fourth-order valence-corrected chi connectivity index (χ4v) is 4.24. The van der Waals surface area contributed by atoms with Gasteiger partial charge >= 0.3 is 0 Å². The molecule has 0 aromatic carbocycles. The van der Waals surface area contributed by atoms with Crippen molar-refractivity contribution >= 4 is 62.6 Å². The third-order valence-corrected chi connectivity index (χ3v) is 5.59. The van der Waals surface area contributed by atoms with Gasteiger partial charge < -0.3 is 4.42 Å². The van der Waals surface area contributed by atoms with Crippen LogP contribution in [0.25, 0.3) is 6.08 Å². The number of nitrogens with one attached hydrogen (secondary N) is 1. The number of allylic oxidation sites excluding steroid dienone is 1. The minimum absolute atomic E-state index is 0.102. The largest absolute Gasteiger partial charge is 0.451 e. The summed E-state index contributed by atoms with van der Waals surface area (Å²) in [5.74, 6) is -0.0847. The Morgan fingerprint density at radius 1 is 1.48 bits per heavy atom. The Morgan fingerprint density at radius 2 is 2.29 bits per heavy atom. The number of carbonyl (C=O) groups is 1. The van der Waals surface area contributed by atoms with Crippen molar-refractivity contribution in [3.8, 4) is 0 Å². The third kappa shape index (κ3) is 2.97. The molecule has 3 rings (SSSR count). The number of aryl methyl sites for hydroxylation is 1. The second-order valence-corrected chi connectivity index (χ2v) is 7.54. The normalized spacial score (nSPS) is 20.7. The molecule has 1 aliphatic rings. The lowest BCUT2D eigenvalue weighted by Gasteiger charge is -2.00. The standard InChI is InChI=1S/C13H10IN3O2S2/c1-2-9-16-17-13(21-9)10-11(18)7(20-12(10)15)5-6-3-4-8(14)19-6/h3-5,10,15H,2H2,1H3. The summed E-state index contributed by atoms with van der Waals surface area (Å²) in [5.41, 5.74) is 0. The number of rotatable bonds is 3. The quantitative estimate of drug-likeness (QED) is 0.592. The smallest absolute Gasteiger partial charge is 0.186 e. The van der Waals surface area contributed by atoms with E-state index in [0.29, 0.717) is 20.7 Å². The van der Waals surface area contributed by atoms with Crippen molar-refractivity contribution in [2.75, 3.05) is 0 Å². The first-order valence-corrected chi connectivity index (χ1v) is 8.89. The zero-order valence-corrected chi connectivity index (χ0v) is 14.7. The monoisotopic (exact) mass is 431 g/mol. The minimum atomic E-state index is -0.604. The van der Waals surface area contributed by atoms with Gasteiger partial charge in [-0.1, -0.05) is 18.7 Å². The van der Waals surface area contributed by atoms with E-state index in [1.165, 1.54) is 23.1 Å².